The first-order chi connectivity index (χ1) is 7.68. The molecule has 0 aliphatic heterocycles. The molecule has 0 unspecified atom stereocenters. The van der Waals surface area contributed by atoms with Crippen LogP contribution >= 0.6 is 34.8 Å². The second-order valence-electron chi connectivity index (χ2n) is 2.92. The molecule has 0 saturated heterocycles. The highest BCUT2D eigenvalue weighted by Gasteiger charge is 2.08. The Morgan fingerprint density at radius 2 is 1.56 bits per heavy atom. The fourth-order valence-corrected chi connectivity index (χ4v) is 1.78. The van der Waals surface area contributed by atoms with Gasteiger partial charge in [-0.1, -0.05) is 40.9 Å². The maximum Gasteiger partial charge on any atom is 0.171 e. The summed E-state index contributed by atoms with van der Waals surface area (Å²) in [6.45, 7) is 0. The lowest BCUT2D eigenvalue weighted by Gasteiger charge is -2.09. The first-order valence-electron chi connectivity index (χ1n) is 4.36. The van der Waals surface area contributed by atoms with Crippen molar-refractivity contribution in [2.45, 2.75) is 0 Å². The SMILES string of the molecule is Clc1cccc(Cl)c1Nc1nccnc1Cl. The minimum atomic E-state index is 0.262. The van der Waals surface area contributed by atoms with E-state index in [1.54, 1.807) is 18.2 Å². The molecule has 3 nitrogen and oxygen atoms in total. The van der Waals surface area contributed by atoms with Crippen molar-refractivity contribution in [3.8, 4) is 0 Å². The standard InChI is InChI=1S/C10H6Cl3N3/c11-6-2-1-3-7(12)8(6)16-10-9(13)14-4-5-15-10/h1-5H,(H,15,16). The lowest BCUT2D eigenvalue weighted by Crippen LogP contribution is -1.96. The Balaban J connectivity index is 2.38. The van der Waals surface area contributed by atoms with Gasteiger partial charge in [-0.25, -0.2) is 9.97 Å². The quantitative estimate of drug-likeness (QED) is 0.892. The van der Waals surface area contributed by atoms with E-state index < -0.39 is 0 Å². The van der Waals surface area contributed by atoms with E-state index in [9.17, 15) is 0 Å². The Bertz CT molecular complexity index is 496. The van der Waals surface area contributed by atoms with E-state index in [-0.39, 0.29) is 5.15 Å². The van der Waals surface area contributed by atoms with Gasteiger partial charge < -0.3 is 5.32 Å². The van der Waals surface area contributed by atoms with Crippen LogP contribution in [-0.4, -0.2) is 9.97 Å². The fourth-order valence-electron chi connectivity index (χ4n) is 1.14. The van der Waals surface area contributed by atoms with Crippen LogP contribution in [-0.2, 0) is 0 Å². The second-order valence-corrected chi connectivity index (χ2v) is 4.09. The maximum atomic E-state index is 5.99. The van der Waals surface area contributed by atoms with Crippen molar-refractivity contribution in [2.24, 2.45) is 0 Å². The predicted molar refractivity (Wildman–Crippen MR) is 66.8 cm³/mol. The molecule has 16 heavy (non-hydrogen) atoms. The topological polar surface area (TPSA) is 37.8 Å². The maximum absolute atomic E-state index is 5.99. The van der Waals surface area contributed by atoms with Crippen molar-refractivity contribution in [1.82, 2.24) is 9.97 Å². The molecule has 0 aliphatic carbocycles. The van der Waals surface area contributed by atoms with Crippen LogP contribution in [0.15, 0.2) is 30.6 Å². The van der Waals surface area contributed by atoms with E-state index in [0.717, 1.165) is 0 Å². The summed E-state index contributed by atoms with van der Waals surface area (Å²) in [5, 5.41) is 4.19. The summed E-state index contributed by atoms with van der Waals surface area (Å²) >= 11 is 17.8. The number of nitrogens with zero attached hydrogens (tertiary/aromatic N) is 2. The van der Waals surface area contributed by atoms with Crippen LogP contribution in [0.3, 0.4) is 0 Å². The first-order valence-corrected chi connectivity index (χ1v) is 5.49. The summed E-state index contributed by atoms with van der Waals surface area (Å²) in [5.41, 5.74) is 0.563. The van der Waals surface area contributed by atoms with Gasteiger partial charge in [0.25, 0.3) is 0 Å². The Morgan fingerprint density at radius 1 is 0.938 bits per heavy atom. The third-order valence-corrected chi connectivity index (χ3v) is 2.77. The van der Waals surface area contributed by atoms with Gasteiger partial charge in [0, 0.05) is 12.4 Å². The molecule has 0 amide bonds. The van der Waals surface area contributed by atoms with Crippen molar-refractivity contribution in [1.29, 1.82) is 0 Å². The summed E-state index contributed by atoms with van der Waals surface area (Å²) in [6, 6.07) is 5.20. The average molecular weight is 275 g/mol. The highest BCUT2D eigenvalue weighted by Crippen LogP contribution is 2.33. The number of rotatable bonds is 2. The Labute approximate surface area is 107 Å². The minimum Gasteiger partial charge on any atom is -0.335 e. The number of anilines is 2. The van der Waals surface area contributed by atoms with E-state index >= 15 is 0 Å². The second kappa shape index (κ2) is 4.87. The smallest absolute Gasteiger partial charge is 0.171 e. The minimum absolute atomic E-state index is 0.262. The molecule has 0 atom stereocenters. The van der Waals surface area contributed by atoms with E-state index in [1.165, 1.54) is 12.4 Å². The normalized spacial score (nSPS) is 10.2. The van der Waals surface area contributed by atoms with Crippen LogP contribution < -0.4 is 5.32 Å². The van der Waals surface area contributed by atoms with Crippen LogP contribution in [0.1, 0.15) is 0 Å². The Hall–Kier alpha value is -1.03. The van der Waals surface area contributed by atoms with Gasteiger partial charge >= 0.3 is 0 Å². The fraction of sp³-hybridized carbons (Fsp3) is 0. The number of hydrogen-bond acceptors (Lipinski definition) is 3. The van der Waals surface area contributed by atoms with Crippen molar-refractivity contribution < 1.29 is 0 Å². The third kappa shape index (κ3) is 2.38. The molecule has 1 heterocycles. The molecule has 6 heteroatoms. The Morgan fingerprint density at radius 3 is 2.19 bits per heavy atom. The molecule has 0 fully saturated rings. The first kappa shape index (κ1) is 11.5. The summed E-state index contributed by atoms with van der Waals surface area (Å²) in [5.74, 6) is 0.416. The molecule has 2 rings (SSSR count). The van der Waals surface area contributed by atoms with Gasteiger partial charge in [-0.15, -0.1) is 0 Å². The monoisotopic (exact) mass is 273 g/mol. The molecule has 0 saturated carbocycles. The summed E-state index contributed by atoms with van der Waals surface area (Å²) in [7, 11) is 0. The van der Waals surface area contributed by atoms with Gasteiger partial charge in [-0.05, 0) is 12.1 Å². The average Bonchev–Trinajstić information content (AvgIpc) is 2.26. The summed E-state index contributed by atoms with van der Waals surface area (Å²) in [4.78, 5) is 7.92. The lowest BCUT2D eigenvalue weighted by atomic mass is 10.3. The molecule has 0 aliphatic rings. The van der Waals surface area contributed by atoms with Crippen molar-refractivity contribution in [2.75, 3.05) is 5.32 Å². The summed E-state index contributed by atoms with van der Waals surface area (Å²) < 4.78 is 0. The molecular formula is C10H6Cl3N3. The molecule has 2 aromatic rings. The lowest BCUT2D eigenvalue weighted by molar-refractivity contribution is 1.20. The van der Waals surface area contributed by atoms with Crippen LogP contribution in [0.25, 0.3) is 0 Å². The van der Waals surface area contributed by atoms with E-state index in [1.807, 2.05) is 0 Å². The van der Waals surface area contributed by atoms with Crippen LogP contribution in [0.2, 0.25) is 15.2 Å². The van der Waals surface area contributed by atoms with Gasteiger partial charge in [0.05, 0.1) is 15.7 Å². The van der Waals surface area contributed by atoms with Gasteiger partial charge in [0.2, 0.25) is 0 Å². The molecule has 82 valence electrons. The van der Waals surface area contributed by atoms with Gasteiger partial charge in [0.15, 0.2) is 11.0 Å². The number of hydrogen-bond donors (Lipinski definition) is 1. The molecule has 0 radical (unpaired) electrons. The van der Waals surface area contributed by atoms with Crippen LogP contribution in [0.5, 0.6) is 0 Å². The van der Waals surface area contributed by atoms with Gasteiger partial charge in [-0.3, -0.25) is 0 Å². The van der Waals surface area contributed by atoms with E-state index in [2.05, 4.69) is 15.3 Å². The zero-order valence-corrected chi connectivity index (χ0v) is 10.2. The van der Waals surface area contributed by atoms with Crippen LogP contribution in [0, 0.1) is 0 Å². The Kier molecular flexibility index (Phi) is 3.49. The number of aromatic nitrogens is 2. The van der Waals surface area contributed by atoms with Crippen LogP contribution in [0.4, 0.5) is 11.5 Å². The van der Waals surface area contributed by atoms with Crippen molar-refractivity contribution in [3.63, 3.8) is 0 Å². The third-order valence-electron chi connectivity index (χ3n) is 1.86. The number of para-hydroxylation sites is 1. The largest absolute Gasteiger partial charge is 0.335 e. The molecular weight excluding hydrogens is 268 g/mol. The van der Waals surface area contributed by atoms with Gasteiger partial charge in [0.1, 0.15) is 0 Å². The van der Waals surface area contributed by atoms with E-state index in [0.29, 0.717) is 21.6 Å². The number of benzene rings is 1. The molecule has 1 N–H and O–H groups in total. The molecule has 0 spiro atoms. The predicted octanol–water partition coefficient (Wildman–Crippen LogP) is 4.18. The zero-order chi connectivity index (χ0) is 11.5. The van der Waals surface area contributed by atoms with Crippen molar-refractivity contribution >= 4 is 46.3 Å². The molecule has 1 aromatic carbocycles. The highest BCUT2D eigenvalue weighted by atomic mass is 35.5. The zero-order valence-electron chi connectivity index (χ0n) is 7.92. The summed E-state index contributed by atoms with van der Waals surface area (Å²) in [6.07, 6.45) is 3.03. The molecule has 1 aromatic heterocycles. The highest BCUT2D eigenvalue weighted by molar-refractivity contribution is 6.39. The number of nitrogens with one attached hydrogen (secondary N) is 1. The van der Waals surface area contributed by atoms with Crippen molar-refractivity contribution in [3.05, 3.63) is 45.8 Å². The van der Waals surface area contributed by atoms with Gasteiger partial charge in [-0.2, -0.15) is 0 Å². The van der Waals surface area contributed by atoms with E-state index in [4.69, 9.17) is 34.8 Å². The molecule has 0 bridgehead atoms. The number of halogens is 3.